The molecule has 1 aromatic carbocycles. The molecule has 2 N–H and O–H groups in total. The topological polar surface area (TPSA) is 75.7 Å². The van der Waals surface area contributed by atoms with Gasteiger partial charge in [-0.2, -0.15) is 0 Å². The van der Waals surface area contributed by atoms with Crippen molar-refractivity contribution in [3.8, 4) is 5.75 Å². The lowest BCUT2D eigenvalue weighted by Gasteiger charge is -2.22. The van der Waals surface area contributed by atoms with Gasteiger partial charge in [0.1, 0.15) is 12.4 Å². The molecule has 7 heteroatoms. The summed E-state index contributed by atoms with van der Waals surface area (Å²) in [6, 6.07) is 8.42. The Balaban J connectivity index is 1.66. The van der Waals surface area contributed by atoms with Crippen LogP contribution < -0.4 is 20.3 Å². The summed E-state index contributed by atoms with van der Waals surface area (Å²) < 4.78 is 11.2. The SMILES string of the molecule is CNC(=O)[C@H]1CCN(c2cc(C3=C=C=C(OCCNC(C)C)C=C3)nc3cc(OC)ccc23)C1. The Hall–Kier alpha value is -3.50. The fourth-order valence-electron chi connectivity index (χ4n) is 4.23. The Kier molecular flexibility index (Phi) is 7.39. The first-order valence-electron chi connectivity index (χ1n) is 11.7. The lowest BCUT2D eigenvalue weighted by atomic mass is 10.1. The van der Waals surface area contributed by atoms with Gasteiger partial charge in [-0.25, -0.2) is 4.98 Å². The Labute approximate surface area is 200 Å². The molecule has 34 heavy (non-hydrogen) atoms. The van der Waals surface area contributed by atoms with Crippen molar-refractivity contribution in [2.24, 2.45) is 5.92 Å². The van der Waals surface area contributed by atoms with E-state index in [0.29, 0.717) is 25.0 Å². The number of amides is 1. The van der Waals surface area contributed by atoms with Crippen LogP contribution in [0.1, 0.15) is 26.0 Å². The molecule has 1 aliphatic carbocycles. The fourth-order valence-corrected chi connectivity index (χ4v) is 4.23. The van der Waals surface area contributed by atoms with Crippen LogP contribution in [-0.2, 0) is 9.53 Å². The molecule has 0 spiro atoms. The van der Waals surface area contributed by atoms with Gasteiger partial charge in [0.15, 0.2) is 5.76 Å². The zero-order valence-electron chi connectivity index (χ0n) is 20.3. The van der Waals surface area contributed by atoms with Gasteiger partial charge in [-0.05, 0) is 42.5 Å². The van der Waals surface area contributed by atoms with Crippen molar-refractivity contribution in [3.05, 3.63) is 59.3 Å². The summed E-state index contributed by atoms with van der Waals surface area (Å²) in [5, 5.41) is 7.14. The standard InChI is InChI=1S/C27H32N4O3/c1-18(2)29-12-14-34-21-7-5-19(6-8-21)24-16-26(31-13-11-20(17-31)27(32)28-3)23-10-9-22(33-4)15-25(23)30-24/h5,7,9-10,15-16,18,20,29H,11-14,17H2,1-4H3,(H,28,32)/t20-/m0/s1. The van der Waals surface area contributed by atoms with Crippen molar-refractivity contribution in [2.75, 3.05) is 45.3 Å². The molecule has 1 aliphatic heterocycles. The maximum absolute atomic E-state index is 12.2. The Bertz CT molecular complexity index is 1200. The molecule has 7 nitrogen and oxygen atoms in total. The minimum absolute atomic E-state index is 0.0172. The van der Waals surface area contributed by atoms with Gasteiger partial charge in [-0.1, -0.05) is 19.6 Å². The van der Waals surface area contributed by atoms with Crippen molar-refractivity contribution in [1.29, 1.82) is 0 Å². The average Bonchev–Trinajstić information content (AvgIpc) is 3.35. The predicted molar refractivity (Wildman–Crippen MR) is 135 cm³/mol. The molecule has 0 unspecified atom stereocenters. The highest BCUT2D eigenvalue weighted by molar-refractivity contribution is 5.95. The van der Waals surface area contributed by atoms with E-state index in [0.717, 1.165) is 53.1 Å². The van der Waals surface area contributed by atoms with Crippen LogP contribution >= 0.6 is 0 Å². The number of nitrogens with one attached hydrogen (secondary N) is 2. The maximum atomic E-state index is 12.2. The molecule has 1 fully saturated rings. The number of hydrogen-bond acceptors (Lipinski definition) is 6. The lowest BCUT2D eigenvalue weighted by Crippen LogP contribution is -2.30. The zero-order valence-corrected chi connectivity index (χ0v) is 20.3. The van der Waals surface area contributed by atoms with Crippen molar-refractivity contribution in [2.45, 2.75) is 26.3 Å². The first-order valence-corrected chi connectivity index (χ1v) is 11.7. The number of nitrogens with zero attached hydrogens (tertiary/aromatic N) is 2. The second-order valence-corrected chi connectivity index (χ2v) is 8.77. The summed E-state index contributed by atoms with van der Waals surface area (Å²) in [6.45, 7) is 7.05. The normalized spacial score (nSPS) is 17.2. The van der Waals surface area contributed by atoms with E-state index in [9.17, 15) is 4.79 Å². The molecule has 0 bridgehead atoms. The quantitative estimate of drug-likeness (QED) is 0.441. The van der Waals surface area contributed by atoms with Gasteiger partial charge in [0.2, 0.25) is 5.91 Å². The summed E-state index contributed by atoms with van der Waals surface area (Å²) >= 11 is 0. The van der Waals surface area contributed by atoms with Gasteiger partial charge in [0.05, 0.1) is 29.8 Å². The number of allylic oxidation sites excluding steroid dienone is 3. The van der Waals surface area contributed by atoms with Crippen LogP contribution in [0.5, 0.6) is 5.75 Å². The third kappa shape index (κ3) is 5.35. The number of aromatic nitrogens is 1. The molecule has 0 radical (unpaired) electrons. The summed E-state index contributed by atoms with van der Waals surface area (Å²) in [6.07, 6.45) is 4.68. The largest absolute Gasteiger partial charge is 0.497 e. The number of methoxy groups -OCH3 is 1. The molecule has 2 aromatic rings. The van der Waals surface area contributed by atoms with E-state index in [1.165, 1.54) is 0 Å². The van der Waals surface area contributed by atoms with Crippen molar-refractivity contribution in [3.63, 3.8) is 0 Å². The summed E-state index contributed by atoms with van der Waals surface area (Å²) in [7, 11) is 3.34. The molecule has 4 rings (SSSR count). The van der Waals surface area contributed by atoms with E-state index in [-0.39, 0.29) is 11.8 Å². The maximum Gasteiger partial charge on any atom is 0.224 e. The Morgan fingerprint density at radius 3 is 2.82 bits per heavy atom. The first-order chi connectivity index (χ1) is 16.5. The fraction of sp³-hybridized carbons (Fsp3) is 0.407. The summed E-state index contributed by atoms with van der Waals surface area (Å²) in [4.78, 5) is 19.4. The number of ether oxygens (including phenoxy) is 2. The molecule has 0 saturated carbocycles. The van der Waals surface area contributed by atoms with Crippen molar-refractivity contribution >= 4 is 28.1 Å². The highest BCUT2D eigenvalue weighted by Gasteiger charge is 2.29. The van der Waals surface area contributed by atoms with Gasteiger partial charge >= 0.3 is 0 Å². The molecule has 2 aliphatic rings. The highest BCUT2D eigenvalue weighted by Crippen LogP contribution is 2.34. The van der Waals surface area contributed by atoms with Crippen LogP contribution in [0.25, 0.3) is 16.5 Å². The van der Waals surface area contributed by atoms with Gasteiger partial charge in [-0.15, -0.1) is 0 Å². The highest BCUT2D eigenvalue weighted by atomic mass is 16.5. The molecule has 1 amide bonds. The molecular weight excluding hydrogens is 428 g/mol. The van der Waals surface area contributed by atoms with E-state index in [1.54, 1.807) is 14.2 Å². The van der Waals surface area contributed by atoms with Crippen LogP contribution in [0.2, 0.25) is 0 Å². The Morgan fingerprint density at radius 2 is 2.12 bits per heavy atom. The first kappa shape index (κ1) is 23.7. The molecule has 178 valence electrons. The number of pyridine rings is 1. The third-order valence-electron chi connectivity index (χ3n) is 6.05. The summed E-state index contributed by atoms with van der Waals surface area (Å²) in [5.41, 5.74) is 9.83. The van der Waals surface area contributed by atoms with Gasteiger partial charge in [-0.3, -0.25) is 4.79 Å². The van der Waals surface area contributed by atoms with Crippen LogP contribution in [0.4, 0.5) is 5.69 Å². The molecule has 1 aromatic heterocycles. The van der Waals surface area contributed by atoms with E-state index in [2.05, 4.69) is 46.9 Å². The average molecular weight is 461 g/mol. The number of hydrogen-bond donors (Lipinski definition) is 2. The van der Waals surface area contributed by atoms with Crippen LogP contribution in [0.3, 0.4) is 0 Å². The second kappa shape index (κ2) is 10.6. The number of carbonyl (C=O) groups excluding carboxylic acids is 1. The predicted octanol–water partition coefficient (Wildman–Crippen LogP) is 3.42. The number of carbonyl (C=O) groups is 1. The van der Waals surface area contributed by atoms with Crippen LogP contribution in [0.15, 0.2) is 53.6 Å². The smallest absolute Gasteiger partial charge is 0.224 e. The second-order valence-electron chi connectivity index (χ2n) is 8.77. The zero-order chi connectivity index (χ0) is 24.1. The molecule has 2 heterocycles. The number of anilines is 1. The van der Waals surface area contributed by atoms with Crippen molar-refractivity contribution < 1.29 is 14.3 Å². The molecular formula is C27H32N4O3. The summed E-state index contributed by atoms with van der Waals surface area (Å²) in [5.74, 6) is 1.48. The van der Waals surface area contributed by atoms with Crippen molar-refractivity contribution in [1.82, 2.24) is 15.6 Å². The molecule has 1 atom stereocenters. The third-order valence-corrected chi connectivity index (χ3v) is 6.05. The van der Waals surface area contributed by atoms with E-state index in [1.807, 2.05) is 30.4 Å². The molecule has 1 saturated heterocycles. The number of fused-ring (bicyclic) bond motifs is 1. The number of benzene rings is 1. The van der Waals surface area contributed by atoms with E-state index in [4.69, 9.17) is 14.5 Å². The number of rotatable bonds is 9. The minimum Gasteiger partial charge on any atom is -0.497 e. The van der Waals surface area contributed by atoms with Crippen LogP contribution in [-0.4, -0.2) is 57.3 Å². The Morgan fingerprint density at radius 1 is 1.26 bits per heavy atom. The minimum atomic E-state index is -0.0172. The monoisotopic (exact) mass is 460 g/mol. The van der Waals surface area contributed by atoms with Gasteiger partial charge in [0, 0.05) is 49.9 Å². The van der Waals surface area contributed by atoms with Crippen LogP contribution in [0, 0.1) is 5.92 Å². The lowest BCUT2D eigenvalue weighted by molar-refractivity contribution is -0.123. The van der Waals surface area contributed by atoms with Gasteiger partial charge in [0.25, 0.3) is 0 Å². The van der Waals surface area contributed by atoms with E-state index >= 15 is 0 Å². The van der Waals surface area contributed by atoms with E-state index < -0.39 is 0 Å². The van der Waals surface area contributed by atoms with Gasteiger partial charge < -0.3 is 25.0 Å².